The number of rotatable bonds is 9. The molecule has 0 unspecified atom stereocenters. The molecule has 2 aromatic rings. The van der Waals surface area contributed by atoms with Gasteiger partial charge in [0.2, 0.25) is 5.91 Å². The molecule has 0 heterocycles. The molecule has 172 valence electrons. The largest absolute Gasteiger partial charge is 0.461 e. The van der Waals surface area contributed by atoms with Crippen molar-refractivity contribution in [3.8, 4) is 0 Å². The summed E-state index contributed by atoms with van der Waals surface area (Å²) in [6.07, 6.45) is -0.302. The molecular weight excluding hydrogens is 408 g/mol. The predicted octanol–water partition coefficient (Wildman–Crippen LogP) is 3.71. The van der Waals surface area contributed by atoms with Crippen molar-refractivity contribution in [3.05, 3.63) is 71.8 Å². The number of amides is 2. The number of nitrogens with one attached hydrogen (secondary N) is 1. The van der Waals surface area contributed by atoms with Crippen LogP contribution in [0.1, 0.15) is 38.3 Å². The highest BCUT2D eigenvalue weighted by molar-refractivity contribution is 5.86. The topological polar surface area (TPSA) is 84.9 Å². The average molecular weight is 441 g/mol. The van der Waals surface area contributed by atoms with Crippen LogP contribution >= 0.6 is 0 Å². The summed E-state index contributed by atoms with van der Waals surface area (Å²) in [4.78, 5) is 38.9. The maximum absolute atomic E-state index is 13.0. The molecule has 0 radical (unpaired) electrons. The number of likely N-dealkylation sites (N-methyl/N-ethyl adjacent to an activating group) is 1. The van der Waals surface area contributed by atoms with Crippen LogP contribution in [0, 0.1) is 0 Å². The van der Waals surface area contributed by atoms with Crippen molar-refractivity contribution in [2.24, 2.45) is 0 Å². The van der Waals surface area contributed by atoms with Gasteiger partial charge in [0.05, 0.1) is 6.42 Å². The third-order valence-corrected chi connectivity index (χ3v) is 4.54. The summed E-state index contributed by atoms with van der Waals surface area (Å²) in [6.45, 7) is 5.64. The SMILES string of the molecule is CN(CCC(=O)OCc1ccccc1)C(=O)[C@H](Cc1ccccc1)NC(=O)OC(C)(C)C. The van der Waals surface area contributed by atoms with E-state index < -0.39 is 23.7 Å². The Morgan fingerprint density at radius 2 is 1.50 bits per heavy atom. The van der Waals surface area contributed by atoms with Crippen LogP contribution in [0.4, 0.5) is 4.79 Å². The first-order valence-electron chi connectivity index (χ1n) is 10.6. The van der Waals surface area contributed by atoms with Crippen molar-refractivity contribution in [1.82, 2.24) is 10.2 Å². The normalized spacial score (nSPS) is 11.9. The Hall–Kier alpha value is -3.35. The van der Waals surface area contributed by atoms with Crippen LogP contribution in [0.3, 0.4) is 0 Å². The van der Waals surface area contributed by atoms with Gasteiger partial charge in [0.1, 0.15) is 18.2 Å². The summed E-state index contributed by atoms with van der Waals surface area (Å²) in [5, 5.41) is 2.67. The zero-order valence-electron chi connectivity index (χ0n) is 19.2. The predicted molar refractivity (Wildman–Crippen MR) is 122 cm³/mol. The molecule has 0 saturated carbocycles. The van der Waals surface area contributed by atoms with Crippen molar-refractivity contribution in [3.63, 3.8) is 0 Å². The lowest BCUT2D eigenvalue weighted by Crippen LogP contribution is -2.50. The smallest absolute Gasteiger partial charge is 0.408 e. The van der Waals surface area contributed by atoms with Crippen molar-refractivity contribution in [1.29, 1.82) is 0 Å². The standard InChI is InChI=1S/C25H32N2O5/c1-25(2,3)32-24(30)26-21(17-19-11-7-5-8-12-19)23(29)27(4)16-15-22(28)31-18-20-13-9-6-10-14-20/h5-14,21H,15-18H2,1-4H3,(H,26,30)/t21-/m0/s1. The van der Waals surface area contributed by atoms with Crippen LogP contribution in [-0.2, 0) is 32.1 Å². The minimum absolute atomic E-state index is 0.0551. The van der Waals surface area contributed by atoms with E-state index in [0.29, 0.717) is 6.42 Å². The second kappa shape index (κ2) is 11.9. The van der Waals surface area contributed by atoms with E-state index in [-0.39, 0.29) is 25.5 Å². The summed E-state index contributed by atoms with van der Waals surface area (Å²) in [7, 11) is 1.60. The van der Waals surface area contributed by atoms with E-state index in [1.165, 1.54) is 4.90 Å². The van der Waals surface area contributed by atoms with Gasteiger partial charge >= 0.3 is 12.1 Å². The number of ether oxygens (including phenoxy) is 2. The molecule has 2 rings (SSSR count). The van der Waals surface area contributed by atoms with Crippen LogP contribution in [-0.4, -0.2) is 48.1 Å². The van der Waals surface area contributed by atoms with Crippen LogP contribution < -0.4 is 5.32 Å². The molecule has 1 atom stereocenters. The van der Waals surface area contributed by atoms with Gasteiger partial charge in [-0.2, -0.15) is 0 Å². The molecule has 32 heavy (non-hydrogen) atoms. The molecule has 2 amide bonds. The fraction of sp³-hybridized carbons (Fsp3) is 0.400. The zero-order chi connectivity index (χ0) is 23.6. The first-order chi connectivity index (χ1) is 15.1. The summed E-state index contributed by atoms with van der Waals surface area (Å²) in [5.74, 6) is -0.705. The fourth-order valence-electron chi connectivity index (χ4n) is 2.95. The second-order valence-electron chi connectivity index (χ2n) is 8.54. The van der Waals surface area contributed by atoms with E-state index >= 15 is 0 Å². The number of esters is 1. The maximum atomic E-state index is 13.0. The fourth-order valence-corrected chi connectivity index (χ4v) is 2.95. The van der Waals surface area contributed by atoms with Crippen LogP contribution in [0.15, 0.2) is 60.7 Å². The molecule has 0 saturated heterocycles. The van der Waals surface area contributed by atoms with E-state index in [1.54, 1.807) is 27.8 Å². The van der Waals surface area contributed by atoms with Gasteiger partial charge in [-0.25, -0.2) is 4.79 Å². The van der Waals surface area contributed by atoms with Crippen molar-refractivity contribution in [2.75, 3.05) is 13.6 Å². The number of nitrogens with zero attached hydrogens (tertiary/aromatic N) is 1. The number of hydrogen-bond acceptors (Lipinski definition) is 5. The Balaban J connectivity index is 1.93. The third-order valence-electron chi connectivity index (χ3n) is 4.54. The highest BCUT2D eigenvalue weighted by Crippen LogP contribution is 2.10. The number of carbonyl (C=O) groups excluding carboxylic acids is 3. The van der Waals surface area contributed by atoms with E-state index in [9.17, 15) is 14.4 Å². The average Bonchev–Trinajstić information content (AvgIpc) is 2.75. The van der Waals surface area contributed by atoms with Gasteiger partial charge < -0.3 is 19.7 Å². The number of benzene rings is 2. The van der Waals surface area contributed by atoms with Gasteiger partial charge in [-0.1, -0.05) is 60.7 Å². The first kappa shape index (κ1) is 24.9. The summed E-state index contributed by atoms with van der Waals surface area (Å²) >= 11 is 0. The molecule has 1 N–H and O–H groups in total. The van der Waals surface area contributed by atoms with Gasteiger partial charge in [-0.3, -0.25) is 9.59 Å². The van der Waals surface area contributed by atoms with Crippen molar-refractivity contribution in [2.45, 2.75) is 51.9 Å². The molecule has 0 aliphatic carbocycles. The maximum Gasteiger partial charge on any atom is 0.408 e. The number of hydrogen-bond donors (Lipinski definition) is 1. The number of carbonyl (C=O) groups is 3. The summed E-state index contributed by atoms with van der Waals surface area (Å²) in [5.41, 5.74) is 1.12. The highest BCUT2D eigenvalue weighted by atomic mass is 16.6. The van der Waals surface area contributed by atoms with Crippen LogP contribution in [0.2, 0.25) is 0 Å². The minimum Gasteiger partial charge on any atom is -0.461 e. The number of alkyl carbamates (subject to hydrolysis) is 1. The Kier molecular flexibility index (Phi) is 9.25. The summed E-state index contributed by atoms with van der Waals surface area (Å²) < 4.78 is 10.6. The van der Waals surface area contributed by atoms with Crippen LogP contribution in [0.5, 0.6) is 0 Å². The lowest BCUT2D eigenvalue weighted by atomic mass is 10.0. The molecular formula is C25H32N2O5. The molecule has 0 bridgehead atoms. The zero-order valence-corrected chi connectivity index (χ0v) is 19.2. The Bertz CT molecular complexity index is 878. The Morgan fingerprint density at radius 3 is 2.06 bits per heavy atom. The monoisotopic (exact) mass is 440 g/mol. The lowest BCUT2D eigenvalue weighted by molar-refractivity contribution is -0.145. The molecule has 0 fully saturated rings. The van der Waals surface area contributed by atoms with Crippen molar-refractivity contribution < 1.29 is 23.9 Å². The van der Waals surface area contributed by atoms with Gasteiger partial charge in [0.15, 0.2) is 0 Å². The second-order valence-corrected chi connectivity index (χ2v) is 8.54. The summed E-state index contributed by atoms with van der Waals surface area (Å²) in [6, 6.07) is 18.0. The van der Waals surface area contributed by atoms with E-state index in [4.69, 9.17) is 9.47 Å². The molecule has 0 aliphatic heterocycles. The highest BCUT2D eigenvalue weighted by Gasteiger charge is 2.27. The Morgan fingerprint density at radius 1 is 0.938 bits per heavy atom. The van der Waals surface area contributed by atoms with Gasteiger partial charge in [-0.15, -0.1) is 0 Å². The van der Waals surface area contributed by atoms with Gasteiger partial charge in [-0.05, 0) is 31.9 Å². The van der Waals surface area contributed by atoms with E-state index in [1.807, 2.05) is 60.7 Å². The first-order valence-corrected chi connectivity index (χ1v) is 10.6. The molecule has 2 aromatic carbocycles. The minimum atomic E-state index is -0.822. The molecule has 0 aromatic heterocycles. The molecule has 7 heteroatoms. The van der Waals surface area contributed by atoms with Gasteiger partial charge in [0.25, 0.3) is 0 Å². The quantitative estimate of drug-likeness (QED) is 0.601. The van der Waals surface area contributed by atoms with Crippen LogP contribution in [0.25, 0.3) is 0 Å². The third kappa shape index (κ3) is 9.20. The van der Waals surface area contributed by atoms with E-state index in [0.717, 1.165) is 11.1 Å². The van der Waals surface area contributed by atoms with E-state index in [2.05, 4.69) is 5.32 Å². The molecule has 7 nitrogen and oxygen atoms in total. The molecule has 0 spiro atoms. The van der Waals surface area contributed by atoms with Gasteiger partial charge in [0, 0.05) is 20.0 Å². The lowest BCUT2D eigenvalue weighted by Gasteiger charge is -2.26. The molecule has 0 aliphatic rings. The van der Waals surface area contributed by atoms with Crippen molar-refractivity contribution >= 4 is 18.0 Å². The Labute approximate surface area is 189 Å².